The Balaban J connectivity index is 2.51. The van der Waals surface area contributed by atoms with Crippen LogP contribution in [0.1, 0.15) is 6.92 Å². The molecule has 0 saturated carbocycles. The van der Waals surface area contributed by atoms with E-state index >= 15 is 0 Å². The van der Waals surface area contributed by atoms with Gasteiger partial charge in [-0.1, -0.05) is 0 Å². The van der Waals surface area contributed by atoms with Crippen LogP contribution in [0.15, 0.2) is 24.3 Å². The van der Waals surface area contributed by atoms with Crippen LogP contribution in [-0.4, -0.2) is 19.1 Å². The van der Waals surface area contributed by atoms with E-state index in [0.29, 0.717) is 5.69 Å². The van der Waals surface area contributed by atoms with Crippen molar-refractivity contribution in [3.63, 3.8) is 0 Å². The van der Waals surface area contributed by atoms with Crippen LogP contribution in [0.5, 0.6) is 0 Å². The SMILES string of the molecule is CCOC(=O)[C@@H](C#N)CNc1ccc(F)cc1. The third kappa shape index (κ3) is 4.11. The molecule has 0 aromatic heterocycles. The van der Waals surface area contributed by atoms with Crippen molar-refractivity contribution in [1.29, 1.82) is 5.26 Å². The van der Waals surface area contributed by atoms with Gasteiger partial charge in [0.15, 0.2) is 5.92 Å². The molecule has 0 amide bonds. The van der Waals surface area contributed by atoms with E-state index in [1.807, 2.05) is 6.07 Å². The third-order valence-corrected chi connectivity index (χ3v) is 2.08. The number of halogens is 1. The minimum atomic E-state index is -0.861. The quantitative estimate of drug-likeness (QED) is 0.793. The van der Waals surface area contributed by atoms with E-state index in [0.717, 1.165) is 0 Å². The minimum absolute atomic E-state index is 0.140. The van der Waals surface area contributed by atoms with Gasteiger partial charge < -0.3 is 10.1 Å². The lowest BCUT2D eigenvalue weighted by atomic mass is 10.1. The number of ether oxygens (including phenoxy) is 1. The molecule has 1 rings (SSSR count). The highest BCUT2D eigenvalue weighted by Gasteiger charge is 2.18. The summed E-state index contributed by atoms with van der Waals surface area (Å²) >= 11 is 0. The number of carbonyl (C=O) groups excluding carboxylic acids is 1. The maximum atomic E-state index is 12.6. The Morgan fingerprint density at radius 1 is 1.53 bits per heavy atom. The van der Waals surface area contributed by atoms with Gasteiger partial charge in [0.1, 0.15) is 5.82 Å². The molecular formula is C12H13FN2O2. The van der Waals surface area contributed by atoms with E-state index in [9.17, 15) is 9.18 Å². The van der Waals surface area contributed by atoms with E-state index in [-0.39, 0.29) is 19.0 Å². The molecule has 5 heteroatoms. The summed E-state index contributed by atoms with van der Waals surface area (Å²) in [5, 5.41) is 11.7. The molecule has 0 saturated heterocycles. The number of benzene rings is 1. The normalized spacial score (nSPS) is 11.4. The standard InChI is InChI=1S/C12H13FN2O2/c1-2-17-12(16)9(7-14)8-15-11-5-3-10(13)4-6-11/h3-6,9,15H,2,8H2,1H3/t9-/m0/s1. The number of hydrogen-bond acceptors (Lipinski definition) is 4. The van der Waals surface area contributed by atoms with Crippen molar-refractivity contribution in [3.05, 3.63) is 30.1 Å². The number of anilines is 1. The van der Waals surface area contributed by atoms with Gasteiger partial charge in [-0.3, -0.25) is 4.79 Å². The zero-order valence-corrected chi connectivity index (χ0v) is 9.44. The van der Waals surface area contributed by atoms with E-state index in [2.05, 4.69) is 5.32 Å². The first-order chi connectivity index (χ1) is 8.17. The van der Waals surface area contributed by atoms with Gasteiger partial charge in [-0.15, -0.1) is 0 Å². The van der Waals surface area contributed by atoms with Gasteiger partial charge in [0.25, 0.3) is 0 Å². The predicted octanol–water partition coefficient (Wildman–Crippen LogP) is 1.94. The van der Waals surface area contributed by atoms with Gasteiger partial charge in [0, 0.05) is 12.2 Å². The molecule has 4 nitrogen and oxygen atoms in total. The number of hydrogen-bond donors (Lipinski definition) is 1. The van der Waals surface area contributed by atoms with Crippen molar-refractivity contribution in [3.8, 4) is 6.07 Å². The second kappa shape index (κ2) is 6.48. The Kier molecular flexibility index (Phi) is 4.95. The van der Waals surface area contributed by atoms with E-state index in [1.165, 1.54) is 24.3 Å². The monoisotopic (exact) mass is 236 g/mol. The number of nitrogens with zero attached hydrogens (tertiary/aromatic N) is 1. The van der Waals surface area contributed by atoms with E-state index in [1.54, 1.807) is 6.92 Å². The van der Waals surface area contributed by atoms with Gasteiger partial charge in [0.05, 0.1) is 12.7 Å². The summed E-state index contributed by atoms with van der Waals surface area (Å²) in [5.74, 6) is -1.75. The summed E-state index contributed by atoms with van der Waals surface area (Å²) in [4.78, 5) is 11.3. The highest BCUT2D eigenvalue weighted by atomic mass is 19.1. The summed E-state index contributed by atoms with van der Waals surface area (Å²) in [6.07, 6.45) is 0. The number of nitriles is 1. The second-order valence-electron chi connectivity index (χ2n) is 3.32. The topological polar surface area (TPSA) is 62.1 Å². The summed E-state index contributed by atoms with van der Waals surface area (Å²) < 4.78 is 17.4. The lowest BCUT2D eigenvalue weighted by Crippen LogP contribution is -2.23. The maximum absolute atomic E-state index is 12.6. The van der Waals surface area contributed by atoms with E-state index < -0.39 is 11.9 Å². The number of rotatable bonds is 5. The summed E-state index contributed by atoms with van der Waals surface area (Å²) in [5.41, 5.74) is 0.649. The van der Waals surface area contributed by atoms with Crippen LogP contribution in [0.2, 0.25) is 0 Å². The predicted molar refractivity (Wildman–Crippen MR) is 60.6 cm³/mol. The van der Waals surface area contributed by atoms with Crippen molar-refractivity contribution < 1.29 is 13.9 Å². The lowest BCUT2D eigenvalue weighted by molar-refractivity contribution is -0.145. The van der Waals surface area contributed by atoms with Gasteiger partial charge in [-0.25, -0.2) is 4.39 Å². The van der Waals surface area contributed by atoms with Crippen LogP contribution in [0.4, 0.5) is 10.1 Å². The minimum Gasteiger partial charge on any atom is -0.465 e. The molecule has 90 valence electrons. The van der Waals surface area contributed by atoms with Gasteiger partial charge in [-0.2, -0.15) is 5.26 Å². The fourth-order valence-electron chi connectivity index (χ4n) is 1.21. The van der Waals surface area contributed by atoms with Gasteiger partial charge >= 0.3 is 5.97 Å². The first-order valence-electron chi connectivity index (χ1n) is 5.23. The van der Waals surface area contributed by atoms with Gasteiger partial charge in [-0.05, 0) is 31.2 Å². The van der Waals surface area contributed by atoms with Crippen LogP contribution in [0.25, 0.3) is 0 Å². The van der Waals surface area contributed by atoms with Crippen molar-refractivity contribution in [2.45, 2.75) is 6.92 Å². The average Bonchev–Trinajstić information content (AvgIpc) is 2.32. The van der Waals surface area contributed by atoms with Crippen molar-refractivity contribution in [1.82, 2.24) is 0 Å². The van der Waals surface area contributed by atoms with Crippen LogP contribution in [0, 0.1) is 23.1 Å². The van der Waals surface area contributed by atoms with Crippen molar-refractivity contribution in [2.24, 2.45) is 5.92 Å². The summed E-state index contributed by atoms with van der Waals surface area (Å²) in [6.45, 7) is 2.06. The number of esters is 1. The van der Waals surface area contributed by atoms with Crippen molar-refractivity contribution in [2.75, 3.05) is 18.5 Å². The molecule has 0 unspecified atom stereocenters. The highest BCUT2D eigenvalue weighted by Crippen LogP contribution is 2.09. The molecule has 0 aliphatic rings. The largest absolute Gasteiger partial charge is 0.465 e. The molecule has 0 fully saturated rings. The van der Waals surface area contributed by atoms with E-state index in [4.69, 9.17) is 10.00 Å². The van der Waals surface area contributed by atoms with Gasteiger partial charge in [0.2, 0.25) is 0 Å². The lowest BCUT2D eigenvalue weighted by Gasteiger charge is -2.10. The Morgan fingerprint density at radius 3 is 2.71 bits per heavy atom. The first kappa shape index (κ1) is 13.0. The molecule has 0 aliphatic carbocycles. The Morgan fingerprint density at radius 2 is 2.18 bits per heavy atom. The molecule has 0 spiro atoms. The zero-order chi connectivity index (χ0) is 12.7. The summed E-state index contributed by atoms with van der Waals surface area (Å²) in [6, 6.07) is 7.53. The average molecular weight is 236 g/mol. The molecule has 0 bridgehead atoms. The maximum Gasteiger partial charge on any atom is 0.325 e. The summed E-state index contributed by atoms with van der Waals surface area (Å²) in [7, 11) is 0. The first-order valence-corrected chi connectivity index (χ1v) is 5.23. The highest BCUT2D eigenvalue weighted by molar-refractivity contribution is 5.76. The second-order valence-corrected chi connectivity index (χ2v) is 3.32. The van der Waals surface area contributed by atoms with Crippen LogP contribution >= 0.6 is 0 Å². The number of nitrogens with one attached hydrogen (secondary N) is 1. The molecular weight excluding hydrogens is 223 g/mol. The molecule has 0 aliphatic heterocycles. The number of carbonyl (C=O) groups is 1. The third-order valence-electron chi connectivity index (χ3n) is 2.08. The Hall–Kier alpha value is -2.09. The smallest absolute Gasteiger partial charge is 0.325 e. The van der Waals surface area contributed by atoms with Crippen LogP contribution < -0.4 is 5.32 Å². The van der Waals surface area contributed by atoms with Crippen LogP contribution in [0.3, 0.4) is 0 Å². The molecule has 17 heavy (non-hydrogen) atoms. The molecule has 1 aromatic rings. The Labute approximate surface area is 99.0 Å². The molecule has 1 atom stereocenters. The van der Waals surface area contributed by atoms with Crippen molar-refractivity contribution >= 4 is 11.7 Å². The molecule has 1 aromatic carbocycles. The molecule has 0 heterocycles. The van der Waals surface area contributed by atoms with Crippen LogP contribution in [-0.2, 0) is 9.53 Å². The Bertz CT molecular complexity index is 412. The molecule has 0 radical (unpaired) electrons. The zero-order valence-electron chi connectivity index (χ0n) is 9.44. The molecule has 1 N–H and O–H groups in total. The fraction of sp³-hybridized carbons (Fsp3) is 0.333. The fourth-order valence-corrected chi connectivity index (χ4v) is 1.21.